The molecule has 1 saturated heterocycles. The van der Waals surface area contributed by atoms with E-state index in [1.165, 1.54) is 0 Å². The molecular weight excluding hydrogens is 136 g/mol. The van der Waals surface area contributed by atoms with E-state index in [1.54, 1.807) is 0 Å². The van der Waals surface area contributed by atoms with Gasteiger partial charge in [-0.25, -0.2) is 4.79 Å². The second-order valence-electron chi connectivity index (χ2n) is 1.71. The molecule has 0 spiro atoms. The molecule has 56 valence electrons. The zero-order chi connectivity index (χ0) is 7.40. The van der Waals surface area contributed by atoms with Gasteiger partial charge in [-0.2, -0.15) is 0 Å². The molecule has 0 aromatic heterocycles. The highest BCUT2D eigenvalue weighted by atomic mass is 16.8. The van der Waals surface area contributed by atoms with Crippen LogP contribution >= 0.6 is 0 Å². The predicted octanol–water partition coefficient (Wildman–Crippen LogP) is 0.0460. The number of esters is 1. The molecule has 0 aliphatic carbocycles. The fourth-order valence-electron chi connectivity index (χ4n) is 0.362. The van der Waals surface area contributed by atoms with Crippen molar-refractivity contribution in [1.29, 1.82) is 0 Å². The molecule has 1 heterocycles. The van der Waals surface area contributed by atoms with Crippen LogP contribution in [0.2, 0.25) is 0 Å². The predicted molar refractivity (Wildman–Crippen MR) is 32.0 cm³/mol. The first-order chi connectivity index (χ1) is 4.83. The molecule has 0 bridgehead atoms. The van der Waals surface area contributed by atoms with Crippen LogP contribution < -0.4 is 0 Å². The van der Waals surface area contributed by atoms with Gasteiger partial charge in [0, 0.05) is 6.08 Å². The number of rotatable bonds is 4. The average molecular weight is 144 g/mol. The highest BCUT2D eigenvalue weighted by molar-refractivity contribution is 5.81. The monoisotopic (exact) mass is 144 g/mol. The molecule has 1 fully saturated rings. The van der Waals surface area contributed by atoms with Crippen LogP contribution in [0.3, 0.4) is 0 Å². The van der Waals surface area contributed by atoms with Gasteiger partial charge in [-0.1, -0.05) is 6.58 Å². The van der Waals surface area contributed by atoms with E-state index >= 15 is 0 Å². The van der Waals surface area contributed by atoms with E-state index in [-0.39, 0.29) is 13.1 Å². The van der Waals surface area contributed by atoms with Crippen molar-refractivity contribution in [2.24, 2.45) is 0 Å². The summed E-state index contributed by atoms with van der Waals surface area (Å²) in [5.41, 5.74) is 0. The first-order valence-electron chi connectivity index (χ1n) is 2.85. The topological polar surface area (TPSA) is 48.1 Å². The second-order valence-corrected chi connectivity index (χ2v) is 1.71. The van der Waals surface area contributed by atoms with Crippen LogP contribution in [0, 0.1) is 0 Å². The number of epoxide rings is 1. The third-order valence-electron chi connectivity index (χ3n) is 0.925. The van der Waals surface area contributed by atoms with Crippen molar-refractivity contribution in [3.8, 4) is 0 Å². The van der Waals surface area contributed by atoms with E-state index in [0.29, 0.717) is 6.61 Å². The van der Waals surface area contributed by atoms with Crippen LogP contribution in [0.15, 0.2) is 12.7 Å². The highest BCUT2D eigenvalue weighted by Crippen LogP contribution is 2.09. The van der Waals surface area contributed by atoms with E-state index in [0.717, 1.165) is 6.08 Å². The Hall–Kier alpha value is -0.870. The summed E-state index contributed by atoms with van der Waals surface area (Å²) in [6.07, 6.45) is 0.912. The maximum absolute atomic E-state index is 10.4. The van der Waals surface area contributed by atoms with Gasteiger partial charge in [0.2, 0.25) is 0 Å². The Labute approximate surface area is 58.4 Å². The summed E-state index contributed by atoms with van der Waals surface area (Å²) < 4.78 is 14.0. The number of hydrogen-bond acceptors (Lipinski definition) is 4. The van der Waals surface area contributed by atoms with Crippen LogP contribution in [0.1, 0.15) is 0 Å². The number of hydrogen-bond donors (Lipinski definition) is 0. The van der Waals surface area contributed by atoms with E-state index in [2.05, 4.69) is 16.1 Å². The molecule has 0 N–H and O–H groups in total. The third-order valence-corrected chi connectivity index (χ3v) is 0.925. The first kappa shape index (κ1) is 7.24. The molecular formula is C6H8O4. The van der Waals surface area contributed by atoms with Crippen LogP contribution in [-0.2, 0) is 19.0 Å². The Morgan fingerprint density at radius 1 is 1.90 bits per heavy atom. The zero-order valence-electron chi connectivity index (χ0n) is 5.41. The van der Waals surface area contributed by atoms with E-state index < -0.39 is 5.97 Å². The standard InChI is InChI=1S/C6H8O4/c1-2-5(7)9-4-10-6-3-8-6/h2,6H,1,3-4H2. The fourth-order valence-corrected chi connectivity index (χ4v) is 0.362. The highest BCUT2D eigenvalue weighted by Gasteiger charge is 2.23. The summed E-state index contributed by atoms with van der Waals surface area (Å²) >= 11 is 0. The molecule has 0 aromatic rings. The van der Waals surface area contributed by atoms with Crippen molar-refractivity contribution >= 4 is 5.97 Å². The largest absolute Gasteiger partial charge is 0.435 e. The average Bonchev–Trinajstić information content (AvgIpc) is 2.71. The van der Waals surface area contributed by atoms with Crippen molar-refractivity contribution < 1.29 is 19.0 Å². The van der Waals surface area contributed by atoms with Gasteiger partial charge in [-0.05, 0) is 0 Å². The lowest BCUT2D eigenvalue weighted by Gasteiger charge is -1.98. The van der Waals surface area contributed by atoms with Crippen LogP contribution in [0.5, 0.6) is 0 Å². The molecule has 0 amide bonds. The summed E-state index contributed by atoms with van der Waals surface area (Å²) in [5, 5.41) is 0. The van der Waals surface area contributed by atoms with Gasteiger partial charge < -0.3 is 14.2 Å². The van der Waals surface area contributed by atoms with Gasteiger partial charge in [0.05, 0.1) is 0 Å². The molecule has 1 aliphatic heterocycles. The van der Waals surface area contributed by atoms with Gasteiger partial charge in [0.1, 0.15) is 6.61 Å². The lowest BCUT2D eigenvalue weighted by molar-refractivity contribution is -0.154. The third kappa shape index (κ3) is 2.61. The van der Waals surface area contributed by atoms with E-state index in [9.17, 15) is 4.79 Å². The van der Waals surface area contributed by atoms with E-state index in [4.69, 9.17) is 4.74 Å². The Balaban J connectivity index is 1.93. The Morgan fingerprint density at radius 3 is 3.10 bits per heavy atom. The van der Waals surface area contributed by atoms with Gasteiger partial charge in [-0.15, -0.1) is 0 Å². The Bertz CT molecular complexity index is 139. The van der Waals surface area contributed by atoms with Crippen molar-refractivity contribution in [1.82, 2.24) is 0 Å². The number of ether oxygens (including phenoxy) is 3. The Kier molecular flexibility index (Phi) is 2.42. The zero-order valence-corrected chi connectivity index (χ0v) is 5.41. The minimum Gasteiger partial charge on any atom is -0.435 e. The van der Waals surface area contributed by atoms with Gasteiger partial charge >= 0.3 is 5.97 Å². The maximum Gasteiger partial charge on any atom is 0.332 e. The molecule has 0 saturated carbocycles. The summed E-state index contributed by atoms with van der Waals surface area (Å²) in [4.78, 5) is 10.4. The van der Waals surface area contributed by atoms with Crippen molar-refractivity contribution in [3.63, 3.8) is 0 Å². The minimum absolute atomic E-state index is 0.0600. The quantitative estimate of drug-likeness (QED) is 0.242. The molecule has 1 unspecified atom stereocenters. The first-order valence-corrected chi connectivity index (χ1v) is 2.85. The van der Waals surface area contributed by atoms with Gasteiger partial charge in [0.25, 0.3) is 0 Å². The number of carbonyl (C=O) groups is 1. The fraction of sp³-hybridized carbons (Fsp3) is 0.500. The molecule has 0 radical (unpaired) electrons. The summed E-state index contributed by atoms with van der Waals surface area (Å²) in [5.74, 6) is -0.486. The molecule has 10 heavy (non-hydrogen) atoms. The maximum atomic E-state index is 10.4. The molecule has 4 heteroatoms. The van der Waals surface area contributed by atoms with Crippen molar-refractivity contribution in [2.45, 2.75) is 6.29 Å². The van der Waals surface area contributed by atoms with Gasteiger partial charge in [0.15, 0.2) is 13.1 Å². The smallest absolute Gasteiger partial charge is 0.332 e. The van der Waals surface area contributed by atoms with Crippen LogP contribution in [0.25, 0.3) is 0 Å². The summed E-state index contributed by atoms with van der Waals surface area (Å²) in [7, 11) is 0. The van der Waals surface area contributed by atoms with Crippen LogP contribution in [-0.4, -0.2) is 25.7 Å². The number of carbonyl (C=O) groups excluding carboxylic acids is 1. The summed E-state index contributed by atoms with van der Waals surface area (Å²) in [6, 6.07) is 0. The normalized spacial score (nSPS) is 21.8. The molecule has 1 atom stereocenters. The summed E-state index contributed by atoms with van der Waals surface area (Å²) in [6.45, 7) is 3.74. The minimum atomic E-state index is -0.486. The Morgan fingerprint density at radius 2 is 2.60 bits per heavy atom. The van der Waals surface area contributed by atoms with Gasteiger partial charge in [-0.3, -0.25) is 0 Å². The van der Waals surface area contributed by atoms with Crippen molar-refractivity contribution in [3.05, 3.63) is 12.7 Å². The lowest BCUT2D eigenvalue weighted by Crippen LogP contribution is -2.06. The molecule has 4 nitrogen and oxygen atoms in total. The SMILES string of the molecule is C=CC(=O)OCOC1CO1. The molecule has 1 aliphatic rings. The van der Waals surface area contributed by atoms with Crippen LogP contribution in [0.4, 0.5) is 0 Å². The van der Waals surface area contributed by atoms with E-state index in [1.807, 2.05) is 0 Å². The molecule has 0 aromatic carbocycles. The second kappa shape index (κ2) is 3.34. The van der Waals surface area contributed by atoms with Crippen molar-refractivity contribution in [2.75, 3.05) is 13.4 Å². The lowest BCUT2D eigenvalue weighted by atomic mass is 10.7. The molecule has 1 rings (SSSR count).